The van der Waals surface area contributed by atoms with Gasteiger partial charge in [-0.1, -0.05) is 30.3 Å². The Hall–Kier alpha value is -2.33. The zero-order valence-electron chi connectivity index (χ0n) is 13.9. The molecule has 2 aromatic rings. The number of carbonyl (C=O) groups excluding carboxylic acids is 1. The number of aryl methyl sites for hydroxylation is 1. The average molecular weight is 324 g/mol. The Labute approximate surface area is 143 Å². The van der Waals surface area contributed by atoms with Gasteiger partial charge in [-0.25, -0.2) is 0 Å². The van der Waals surface area contributed by atoms with Crippen LogP contribution in [0.1, 0.15) is 22.3 Å². The topological polar surface area (TPSA) is 41.6 Å². The van der Waals surface area contributed by atoms with Gasteiger partial charge in [-0.2, -0.15) is 0 Å². The molecule has 4 nitrogen and oxygen atoms in total. The standard InChI is InChI=1S/C20H24N2O2/c23-20(21-12-4-7-17-5-2-1-3-6-17)18-8-10-19(11-9-18)22-13-15-24-16-14-22/h1-3,5-6,8-11H,4,7,12-16H2,(H,21,23). The Morgan fingerprint density at radius 2 is 1.71 bits per heavy atom. The maximum atomic E-state index is 12.2. The van der Waals surface area contributed by atoms with Gasteiger partial charge in [-0.15, -0.1) is 0 Å². The minimum Gasteiger partial charge on any atom is -0.378 e. The number of nitrogens with zero attached hydrogens (tertiary/aromatic N) is 1. The van der Waals surface area contributed by atoms with E-state index in [1.807, 2.05) is 42.5 Å². The third kappa shape index (κ3) is 4.59. The summed E-state index contributed by atoms with van der Waals surface area (Å²) in [5.74, 6) is -0.00316. The third-order valence-corrected chi connectivity index (χ3v) is 4.28. The molecule has 0 aromatic heterocycles. The Balaban J connectivity index is 1.44. The second-order valence-electron chi connectivity index (χ2n) is 5.99. The molecule has 1 fully saturated rings. The van der Waals surface area contributed by atoms with Gasteiger partial charge in [0.25, 0.3) is 5.91 Å². The molecule has 1 saturated heterocycles. The number of morpholine rings is 1. The van der Waals surface area contributed by atoms with Crippen LogP contribution in [0.5, 0.6) is 0 Å². The van der Waals surface area contributed by atoms with Crippen molar-refractivity contribution in [3.63, 3.8) is 0 Å². The van der Waals surface area contributed by atoms with E-state index >= 15 is 0 Å². The van der Waals surface area contributed by atoms with E-state index in [4.69, 9.17) is 4.74 Å². The number of carbonyl (C=O) groups is 1. The fourth-order valence-corrected chi connectivity index (χ4v) is 2.89. The average Bonchev–Trinajstić information content (AvgIpc) is 2.67. The highest BCUT2D eigenvalue weighted by atomic mass is 16.5. The third-order valence-electron chi connectivity index (χ3n) is 4.28. The normalized spacial score (nSPS) is 14.4. The smallest absolute Gasteiger partial charge is 0.251 e. The van der Waals surface area contributed by atoms with Crippen molar-refractivity contribution in [1.82, 2.24) is 5.32 Å². The van der Waals surface area contributed by atoms with Gasteiger partial charge in [0.2, 0.25) is 0 Å². The molecule has 0 unspecified atom stereocenters. The zero-order chi connectivity index (χ0) is 16.6. The van der Waals surface area contributed by atoms with E-state index in [0.29, 0.717) is 12.1 Å². The van der Waals surface area contributed by atoms with E-state index in [9.17, 15) is 4.79 Å². The van der Waals surface area contributed by atoms with Crippen molar-refractivity contribution in [2.24, 2.45) is 0 Å². The van der Waals surface area contributed by atoms with Gasteiger partial charge >= 0.3 is 0 Å². The van der Waals surface area contributed by atoms with E-state index in [2.05, 4.69) is 22.3 Å². The van der Waals surface area contributed by atoms with Crippen molar-refractivity contribution in [3.05, 3.63) is 65.7 Å². The summed E-state index contributed by atoms with van der Waals surface area (Å²) in [6, 6.07) is 18.2. The minimum atomic E-state index is -0.00316. The number of benzene rings is 2. The Morgan fingerprint density at radius 3 is 2.42 bits per heavy atom. The number of nitrogens with one attached hydrogen (secondary N) is 1. The fourth-order valence-electron chi connectivity index (χ4n) is 2.89. The zero-order valence-corrected chi connectivity index (χ0v) is 13.9. The highest BCUT2D eigenvalue weighted by Gasteiger charge is 2.12. The van der Waals surface area contributed by atoms with Crippen molar-refractivity contribution >= 4 is 11.6 Å². The van der Waals surface area contributed by atoms with Crippen LogP contribution < -0.4 is 10.2 Å². The van der Waals surface area contributed by atoms with Crippen LogP contribution in [-0.2, 0) is 11.2 Å². The molecule has 0 radical (unpaired) electrons. The van der Waals surface area contributed by atoms with E-state index in [-0.39, 0.29) is 5.91 Å². The van der Waals surface area contributed by atoms with E-state index in [0.717, 1.165) is 44.8 Å². The fraction of sp³-hybridized carbons (Fsp3) is 0.350. The van der Waals surface area contributed by atoms with Crippen molar-refractivity contribution in [3.8, 4) is 0 Å². The molecule has 1 amide bonds. The highest BCUT2D eigenvalue weighted by molar-refractivity contribution is 5.94. The second-order valence-corrected chi connectivity index (χ2v) is 5.99. The summed E-state index contributed by atoms with van der Waals surface area (Å²) < 4.78 is 5.36. The number of hydrogen-bond acceptors (Lipinski definition) is 3. The summed E-state index contributed by atoms with van der Waals surface area (Å²) in [4.78, 5) is 14.5. The van der Waals surface area contributed by atoms with Crippen molar-refractivity contribution in [2.75, 3.05) is 37.7 Å². The quantitative estimate of drug-likeness (QED) is 0.831. The molecular weight excluding hydrogens is 300 g/mol. The van der Waals surface area contributed by atoms with E-state index in [1.165, 1.54) is 5.56 Å². The van der Waals surface area contributed by atoms with Gasteiger partial charge in [0.1, 0.15) is 0 Å². The molecule has 126 valence electrons. The van der Waals surface area contributed by atoms with Gasteiger partial charge < -0.3 is 15.0 Å². The predicted molar refractivity (Wildman–Crippen MR) is 96.6 cm³/mol. The second kappa shape index (κ2) is 8.50. The summed E-state index contributed by atoms with van der Waals surface area (Å²) in [6.45, 7) is 4.04. The largest absolute Gasteiger partial charge is 0.378 e. The molecule has 1 aliphatic rings. The first-order valence-electron chi connectivity index (χ1n) is 8.58. The highest BCUT2D eigenvalue weighted by Crippen LogP contribution is 2.16. The Bertz CT molecular complexity index is 634. The summed E-state index contributed by atoms with van der Waals surface area (Å²) in [5.41, 5.74) is 3.17. The minimum absolute atomic E-state index is 0.00316. The molecular formula is C20H24N2O2. The molecule has 0 saturated carbocycles. The molecule has 1 aliphatic heterocycles. The summed E-state index contributed by atoms with van der Waals surface area (Å²) in [7, 11) is 0. The lowest BCUT2D eigenvalue weighted by atomic mass is 10.1. The summed E-state index contributed by atoms with van der Waals surface area (Å²) >= 11 is 0. The van der Waals surface area contributed by atoms with Crippen LogP contribution in [0.3, 0.4) is 0 Å². The number of rotatable bonds is 6. The summed E-state index contributed by atoms with van der Waals surface area (Å²) in [5, 5.41) is 3.00. The molecule has 1 heterocycles. The molecule has 0 aliphatic carbocycles. The summed E-state index contributed by atoms with van der Waals surface area (Å²) in [6.07, 6.45) is 1.93. The first-order valence-corrected chi connectivity index (χ1v) is 8.58. The van der Waals surface area contributed by atoms with Crippen LogP contribution in [0.25, 0.3) is 0 Å². The molecule has 2 aromatic carbocycles. The molecule has 0 bridgehead atoms. The van der Waals surface area contributed by atoms with Crippen molar-refractivity contribution in [1.29, 1.82) is 0 Å². The van der Waals surface area contributed by atoms with Crippen LogP contribution in [0, 0.1) is 0 Å². The van der Waals surface area contributed by atoms with Gasteiger partial charge in [-0.05, 0) is 42.7 Å². The number of anilines is 1. The van der Waals surface area contributed by atoms with Crippen LogP contribution in [0.2, 0.25) is 0 Å². The van der Waals surface area contributed by atoms with Crippen molar-refractivity contribution < 1.29 is 9.53 Å². The molecule has 24 heavy (non-hydrogen) atoms. The van der Waals surface area contributed by atoms with Gasteiger partial charge in [0, 0.05) is 30.9 Å². The first-order chi connectivity index (χ1) is 11.8. The molecule has 1 N–H and O–H groups in total. The van der Waals surface area contributed by atoms with Crippen LogP contribution in [-0.4, -0.2) is 38.8 Å². The first kappa shape index (κ1) is 16.5. The predicted octanol–water partition coefficient (Wildman–Crippen LogP) is 2.89. The Morgan fingerprint density at radius 1 is 1.00 bits per heavy atom. The van der Waals surface area contributed by atoms with Crippen molar-refractivity contribution in [2.45, 2.75) is 12.8 Å². The monoisotopic (exact) mass is 324 g/mol. The molecule has 3 rings (SSSR count). The van der Waals surface area contributed by atoms with E-state index in [1.54, 1.807) is 0 Å². The number of ether oxygens (including phenoxy) is 1. The van der Waals surface area contributed by atoms with Crippen LogP contribution in [0.4, 0.5) is 5.69 Å². The van der Waals surface area contributed by atoms with Gasteiger partial charge in [-0.3, -0.25) is 4.79 Å². The molecule has 0 spiro atoms. The lowest BCUT2D eigenvalue weighted by molar-refractivity contribution is 0.0953. The SMILES string of the molecule is O=C(NCCCc1ccccc1)c1ccc(N2CCOCC2)cc1. The molecule has 0 atom stereocenters. The lowest BCUT2D eigenvalue weighted by Crippen LogP contribution is -2.36. The van der Waals surface area contributed by atoms with Gasteiger partial charge in [0.15, 0.2) is 0 Å². The Kier molecular flexibility index (Phi) is 5.85. The van der Waals surface area contributed by atoms with Crippen LogP contribution >= 0.6 is 0 Å². The van der Waals surface area contributed by atoms with Gasteiger partial charge in [0.05, 0.1) is 13.2 Å². The number of amides is 1. The van der Waals surface area contributed by atoms with E-state index < -0.39 is 0 Å². The lowest BCUT2D eigenvalue weighted by Gasteiger charge is -2.28. The number of hydrogen-bond donors (Lipinski definition) is 1. The van der Waals surface area contributed by atoms with Crippen LogP contribution in [0.15, 0.2) is 54.6 Å². The maximum Gasteiger partial charge on any atom is 0.251 e. The molecule has 4 heteroatoms. The maximum absolute atomic E-state index is 12.2.